The van der Waals surface area contributed by atoms with Crippen LogP contribution >= 0.6 is 0 Å². The van der Waals surface area contributed by atoms with Crippen molar-refractivity contribution >= 4 is 5.82 Å². The molecule has 0 aliphatic rings. The Bertz CT molecular complexity index is 344. The molecule has 0 spiro atoms. The third kappa shape index (κ3) is 3.96. The molecule has 4 nitrogen and oxygen atoms in total. The molecule has 0 bridgehead atoms. The summed E-state index contributed by atoms with van der Waals surface area (Å²) in [5.74, 6) is 1.03. The second kappa shape index (κ2) is 8.06. The molecule has 102 valence electrons. The molecule has 4 heteroatoms. The van der Waals surface area contributed by atoms with Gasteiger partial charge in [-0.1, -0.05) is 13.0 Å². The molecule has 1 rings (SSSR count). The smallest absolute Gasteiger partial charge is 0.133 e. The highest BCUT2D eigenvalue weighted by Gasteiger charge is 2.14. The standard InChI is InChI=1S/C14H25N3O/c1-4-15-12(3)13-8-6-9-16-14(13)17(5-2)10-7-11-18/h6,8-9,12,15,18H,4-5,7,10-11H2,1-3H3. The molecule has 18 heavy (non-hydrogen) atoms. The van der Waals surface area contributed by atoms with E-state index in [1.54, 1.807) is 0 Å². The summed E-state index contributed by atoms with van der Waals surface area (Å²) >= 11 is 0. The molecule has 0 saturated heterocycles. The van der Waals surface area contributed by atoms with Crippen LogP contribution in [0.4, 0.5) is 5.82 Å². The molecular formula is C14H25N3O. The van der Waals surface area contributed by atoms with E-state index in [-0.39, 0.29) is 6.61 Å². The Balaban J connectivity index is 2.91. The summed E-state index contributed by atoms with van der Waals surface area (Å²) in [7, 11) is 0. The number of hydrogen-bond donors (Lipinski definition) is 2. The number of nitrogens with zero attached hydrogens (tertiary/aromatic N) is 2. The van der Waals surface area contributed by atoms with E-state index in [0.717, 1.165) is 31.9 Å². The van der Waals surface area contributed by atoms with Gasteiger partial charge in [-0.05, 0) is 32.9 Å². The van der Waals surface area contributed by atoms with Crippen LogP contribution in [0.5, 0.6) is 0 Å². The van der Waals surface area contributed by atoms with Gasteiger partial charge in [0.15, 0.2) is 0 Å². The Kier molecular flexibility index (Phi) is 6.68. The predicted octanol–water partition coefficient (Wildman–Crippen LogP) is 1.96. The van der Waals surface area contributed by atoms with Gasteiger partial charge in [0.2, 0.25) is 0 Å². The maximum atomic E-state index is 8.96. The largest absolute Gasteiger partial charge is 0.396 e. The van der Waals surface area contributed by atoms with E-state index in [4.69, 9.17) is 5.11 Å². The van der Waals surface area contributed by atoms with Crippen molar-refractivity contribution in [3.05, 3.63) is 23.9 Å². The average Bonchev–Trinajstić information content (AvgIpc) is 2.40. The van der Waals surface area contributed by atoms with E-state index in [9.17, 15) is 0 Å². The van der Waals surface area contributed by atoms with Gasteiger partial charge in [-0.15, -0.1) is 0 Å². The zero-order valence-corrected chi connectivity index (χ0v) is 11.7. The lowest BCUT2D eigenvalue weighted by Crippen LogP contribution is -2.29. The number of rotatable bonds is 8. The van der Waals surface area contributed by atoms with Crippen LogP contribution in [0.25, 0.3) is 0 Å². The van der Waals surface area contributed by atoms with E-state index in [2.05, 4.69) is 42.0 Å². The number of aliphatic hydroxyl groups is 1. The van der Waals surface area contributed by atoms with Gasteiger partial charge < -0.3 is 15.3 Å². The number of aliphatic hydroxyl groups excluding tert-OH is 1. The van der Waals surface area contributed by atoms with Crippen LogP contribution in [0.1, 0.15) is 38.8 Å². The molecule has 0 radical (unpaired) electrons. The Labute approximate surface area is 110 Å². The van der Waals surface area contributed by atoms with Crippen LogP contribution in [-0.4, -0.2) is 36.3 Å². The second-order valence-electron chi connectivity index (χ2n) is 4.35. The first-order valence-corrected chi connectivity index (χ1v) is 6.78. The third-order valence-electron chi connectivity index (χ3n) is 3.06. The lowest BCUT2D eigenvalue weighted by molar-refractivity contribution is 0.289. The minimum absolute atomic E-state index is 0.224. The van der Waals surface area contributed by atoms with Gasteiger partial charge in [-0.2, -0.15) is 0 Å². The number of nitrogens with one attached hydrogen (secondary N) is 1. The molecule has 1 heterocycles. The first kappa shape index (κ1) is 14.9. The minimum atomic E-state index is 0.224. The molecule has 1 aromatic rings. The summed E-state index contributed by atoms with van der Waals surface area (Å²) in [6, 6.07) is 4.39. The lowest BCUT2D eigenvalue weighted by Gasteiger charge is -2.26. The van der Waals surface area contributed by atoms with Crippen molar-refractivity contribution in [2.24, 2.45) is 0 Å². The maximum absolute atomic E-state index is 8.96. The van der Waals surface area contributed by atoms with Crippen LogP contribution in [-0.2, 0) is 0 Å². The molecule has 0 aliphatic carbocycles. The molecule has 1 unspecified atom stereocenters. The Morgan fingerprint density at radius 3 is 2.83 bits per heavy atom. The normalized spacial score (nSPS) is 12.4. The van der Waals surface area contributed by atoms with Crippen molar-refractivity contribution in [2.45, 2.75) is 33.2 Å². The van der Waals surface area contributed by atoms with Crippen molar-refractivity contribution in [3.63, 3.8) is 0 Å². The highest BCUT2D eigenvalue weighted by molar-refractivity contribution is 5.48. The highest BCUT2D eigenvalue weighted by Crippen LogP contribution is 2.23. The molecule has 0 aromatic carbocycles. The number of pyridine rings is 1. The number of anilines is 1. The summed E-state index contributed by atoms with van der Waals surface area (Å²) in [6.45, 7) is 9.30. The zero-order chi connectivity index (χ0) is 13.4. The SMILES string of the molecule is CCNC(C)c1cccnc1N(CC)CCCO. The molecule has 1 aromatic heterocycles. The Morgan fingerprint density at radius 2 is 2.22 bits per heavy atom. The molecule has 0 aliphatic heterocycles. The summed E-state index contributed by atoms with van der Waals surface area (Å²) in [6.07, 6.45) is 2.61. The van der Waals surface area contributed by atoms with Crippen LogP contribution in [0.2, 0.25) is 0 Å². The molecule has 2 N–H and O–H groups in total. The van der Waals surface area contributed by atoms with Gasteiger partial charge in [0.05, 0.1) is 0 Å². The van der Waals surface area contributed by atoms with Crippen molar-refractivity contribution in [2.75, 3.05) is 31.1 Å². The minimum Gasteiger partial charge on any atom is -0.396 e. The number of aromatic nitrogens is 1. The quantitative estimate of drug-likeness (QED) is 0.741. The van der Waals surface area contributed by atoms with Gasteiger partial charge in [0, 0.05) is 37.5 Å². The van der Waals surface area contributed by atoms with E-state index >= 15 is 0 Å². The molecule has 1 atom stereocenters. The molecule has 0 fully saturated rings. The average molecular weight is 251 g/mol. The van der Waals surface area contributed by atoms with Gasteiger partial charge in [-0.3, -0.25) is 0 Å². The van der Waals surface area contributed by atoms with Crippen LogP contribution in [0.3, 0.4) is 0 Å². The Hall–Kier alpha value is -1.13. The van der Waals surface area contributed by atoms with Crippen LogP contribution < -0.4 is 10.2 Å². The maximum Gasteiger partial charge on any atom is 0.133 e. The van der Waals surface area contributed by atoms with Crippen molar-refractivity contribution in [3.8, 4) is 0 Å². The van der Waals surface area contributed by atoms with E-state index < -0.39 is 0 Å². The summed E-state index contributed by atoms with van der Waals surface area (Å²) < 4.78 is 0. The van der Waals surface area contributed by atoms with Gasteiger partial charge in [0.25, 0.3) is 0 Å². The molecule has 0 saturated carbocycles. The highest BCUT2D eigenvalue weighted by atomic mass is 16.3. The van der Waals surface area contributed by atoms with E-state index in [1.165, 1.54) is 5.56 Å². The van der Waals surface area contributed by atoms with Crippen LogP contribution in [0, 0.1) is 0 Å². The second-order valence-corrected chi connectivity index (χ2v) is 4.35. The van der Waals surface area contributed by atoms with Gasteiger partial charge in [-0.25, -0.2) is 4.98 Å². The van der Waals surface area contributed by atoms with Crippen molar-refractivity contribution in [1.82, 2.24) is 10.3 Å². The van der Waals surface area contributed by atoms with Gasteiger partial charge >= 0.3 is 0 Å². The van der Waals surface area contributed by atoms with E-state index in [1.807, 2.05) is 12.3 Å². The predicted molar refractivity (Wildman–Crippen MR) is 75.9 cm³/mol. The topological polar surface area (TPSA) is 48.4 Å². The zero-order valence-electron chi connectivity index (χ0n) is 11.7. The summed E-state index contributed by atoms with van der Waals surface area (Å²) in [5.41, 5.74) is 1.22. The van der Waals surface area contributed by atoms with E-state index in [0.29, 0.717) is 6.04 Å². The lowest BCUT2D eigenvalue weighted by atomic mass is 10.1. The molecular weight excluding hydrogens is 226 g/mol. The van der Waals surface area contributed by atoms with Gasteiger partial charge in [0.1, 0.15) is 5.82 Å². The van der Waals surface area contributed by atoms with Crippen LogP contribution in [0.15, 0.2) is 18.3 Å². The summed E-state index contributed by atoms with van der Waals surface area (Å²) in [4.78, 5) is 6.73. The molecule has 0 amide bonds. The first-order valence-electron chi connectivity index (χ1n) is 6.78. The van der Waals surface area contributed by atoms with Crippen molar-refractivity contribution < 1.29 is 5.11 Å². The van der Waals surface area contributed by atoms with Crippen molar-refractivity contribution in [1.29, 1.82) is 0 Å². The fraction of sp³-hybridized carbons (Fsp3) is 0.643. The third-order valence-corrected chi connectivity index (χ3v) is 3.06. The Morgan fingerprint density at radius 1 is 1.44 bits per heavy atom. The summed E-state index contributed by atoms with van der Waals surface area (Å²) in [5, 5.41) is 12.4. The fourth-order valence-electron chi connectivity index (χ4n) is 2.10. The monoisotopic (exact) mass is 251 g/mol. The fourth-order valence-corrected chi connectivity index (χ4v) is 2.10. The number of hydrogen-bond acceptors (Lipinski definition) is 4. The first-order chi connectivity index (χ1) is 8.74.